The van der Waals surface area contributed by atoms with Gasteiger partial charge in [0.1, 0.15) is 12.1 Å². The van der Waals surface area contributed by atoms with Crippen molar-refractivity contribution in [2.75, 3.05) is 32.7 Å². The van der Waals surface area contributed by atoms with Crippen LogP contribution in [0.15, 0.2) is 47.1 Å². The summed E-state index contributed by atoms with van der Waals surface area (Å²) in [5, 5.41) is 3.19. The summed E-state index contributed by atoms with van der Waals surface area (Å²) in [6, 6.07) is 9.22. The quantitative estimate of drug-likeness (QED) is 0.723. The Labute approximate surface area is 183 Å². The van der Waals surface area contributed by atoms with Crippen molar-refractivity contribution in [3.8, 4) is 0 Å². The standard InChI is InChI=1S/C21H21ClN4O5/c1-21(14-4-6-15(22)7-5-14)19(29)26(20(30)23-21)13-17(27)24-8-10-25(11-9-24)18(28)16-3-2-12-31-16/h2-7,12H,8-11,13H2,1H3,(H,23,30)/t21-/m0/s1. The Bertz CT molecular complexity index is 1010. The smallest absolute Gasteiger partial charge is 0.325 e. The Hall–Kier alpha value is -3.33. The molecule has 10 heteroatoms. The number of halogens is 1. The summed E-state index contributed by atoms with van der Waals surface area (Å²) < 4.78 is 5.13. The maximum Gasteiger partial charge on any atom is 0.325 e. The number of furan rings is 1. The number of piperazine rings is 1. The fraction of sp³-hybridized carbons (Fsp3) is 0.333. The van der Waals surface area contributed by atoms with Gasteiger partial charge in [0, 0.05) is 31.2 Å². The van der Waals surface area contributed by atoms with E-state index in [4.69, 9.17) is 16.0 Å². The third-order valence-corrected chi connectivity index (χ3v) is 5.89. The van der Waals surface area contributed by atoms with E-state index in [0.717, 1.165) is 4.90 Å². The van der Waals surface area contributed by atoms with Crippen LogP contribution in [-0.4, -0.2) is 71.2 Å². The molecular formula is C21H21ClN4O5. The van der Waals surface area contributed by atoms with Gasteiger partial charge in [-0.25, -0.2) is 4.79 Å². The molecule has 0 radical (unpaired) electrons. The van der Waals surface area contributed by atoms with Gasteiger partial charge in [0.2, 0.25) is 5.91 Å². The van der Waals surface area contributed by atoms with Crippen molar-refractivity contribution in [3.63, 3.8) is 0 Å². The lowest BCUT2D eigenvalue weighted by atomic mass is 9.92. The van der Waals surface area contributed by atoms with E-state index in [2.05, 4.69) is 5.32 Å². The number of hydrogen-bond donors (Lipinski definition) is 1. The average Bonchev–Trinajstić information content (AvgIpc) is 3.38. The maximum absolute atomic E-state index is 13.0. The molecule has 0 unspecified atom stereocenters. The minimum Gasteiger partial charge on any atom is -0.459 e. The molecule has 31 heavy (non-hydrogen) atoms. The number of imide groups is 1. The molecule has 9 nitrogen and oxygen atoms in total. The van der Waals surface area contributed by atoms with Gasteiger partial charge in [-0.1, -0.05) is 23.7 Å². The molecule has 1 aromatic carbocycles. The van der Waals surface area contributed by atoms with E-state index in [1.165, 1.54) is 6.26 Å². The van der Waals surface area contributed by atoms with E-state index in [0.29, 0.717) is 36.8 Å². The molecule has 1 aromatic heterocycles. The third kappa shape index (κ3) is 3.88. The monoisotopic (exact) mass is 444 g/mol. The van der Waals surface area contributed by atoms with Crippen molar-refractivity contribution in [2.24, 2.45) is 0 Å². The second-order valence-electron chi connectivity index (χ2n) is 7.60. The minimum absolute atomic E-state index is 0.232. The number of urea groups is 1. The lowest BCUT2D eigenvalue weighted by Gasteiger charge is -2.34. The molecule has 162 valence electrons. The first-order valence-corrected chi connectivity index (χ1v) is 10.2. The van der Waals surface area contributed by atoms with Gasteiger partial charge in [-0.3, -0.25) is 19.3 Å². The van der Waals surface area contributed by atoms with Crippen LogP contribution in [0.2, 0.25) is 5.02 Å². The molecule has 2 aliphatic heterocycles. The van der Waals surface area contributed by atoms with Gasteiger partial charge in [0.15, 0.2) is 5.76 Å². The molecule has 0 aliphatic carbocycles. The molecule has 0 spiro atoms. The zero-order valence-electron chi connectivity index (χ0n) is 16.8. The molecular weight excluding hydrogens is 424 g/mol. The number of nitrogens with one attached hydrogen (secondary N) is 1. The zero-order valence-corrected chi connectivity index (χ0v) is 17.6. The maximum atomic E-state index is 13.0. The van der Waals surface area contributed by atoms with Crippen LogP contribution in [0.5, 0.6) is 0 Å². The molecule has 1 N–H and O–H groups in total. The molecule has 1 atom stereocenters. The Morgan fingerprint density at radius 1 is 1.06 bits per heavy atom. The highest BCUT2D eigenvalue weighted by Crippen LogP contribution is 2.29. The number of benzene rings is 1. The Morgan fingerprint density at radius 2 is 1.71 bits per heavy atom. The van der Waals surface area contributed by atoms with Crippen LogP contribution < -0.4 is 5.32 Å². The summed E-state index contributed by atoms with van der Waals surface area (Å²) in [6.45, 7) is 2.54. The highest BCUT2D eigenvalue weighted by Gasteiger charge is 2.49. The van der Waals surface area contributed by atoms with Crippen molar-refractivity contribution in [1.82, 2.24) is 20.0 Å². The van der Waals surface area contributed by atoms with E-state index >= 15 is 0 Å². The molecule has 0 bridgehead atoms. The van der Waals surface area contributed by atoms with Crippen LogP contribution in [-0.2, 0) is 15.1 Å². The van der Waals surface area contributed by atoms with Crippen LogP contribution in [0.3, 0.4) is 0 Å². The highest BCUT2D eigenvalue weighted by molar-refractivity contribution is 6.30. The normalized spacial score (nSPS) is 21.4. The first-order valence-electron chi connectivity index (χ1n) is 9.80. The largest absolute Gasteiger partial charge is 0.459 e. The van der Waals surface area contributed by atoms with Gasteiger partial charge in [-0.05, 0) is 36.8 Å². The van der Waals surface area contributed by atoms with Gasteiger partial charge >= 0.3 is 6.03 Å². The minimum atomic E-state index is -1.27. The SMILES string of the molecule is C[C@@]1(c2ccc(Cl)cc2)NC(=O)N(CC(=O)N2CCN(C(=O)c3ccco3)CC2)C1=O. The van der Waals surface area contributed by atoms with Gasteiger partial charge in [0.25, 0.3) is 11.8 Å². The van der Waals surface area contributed by atoms with E-state index in [9.17, 15) is 19.2 Å². The summed E-state index contributed by atoms with van der Waals surface area (Å²) in [7, 11) is 0. The second kappa shape index (κ2) is 8.07. The summed E-state index contributed by atoms with van der Waals surface area (Å²) in [5.41, 5.74) is -0.689. The van der Waals surface area contributed by atoms with Gasteiger partial charge < -0.3 is 19.5 Å². The van der Waals surface area contributed by atoms with E-state index in [1.807, 2.05) is 0 Å². The molecule has 3 heterocycles. The van der Waals surface area contributed by atoms with E-state index in [1.54, 1.807) is 53.1 Å². The topological polar surface area (TPSA) is 103 Å². The molecule has 2 saturated heterocycles. The predicted molar refractivity (Wildman–Crippen MR) is 110 cm³/mol. The molecule has 4 rings (SSSR count). The first-order chi connectivity index (χ1) is 14.8. The Morgan fingerprint density at radius 3 is 2.32 bits per heavy atom. The number of carbonyl (C=O) groups is 4. The van der Waals surface area contributed by atoms with E-state index in [-0.39, 0.29) is 24.1 Å². The molecule has 5 amide bonds. The summed E-state index contributed by atoms with van der Waals surface area (Å²) >= 11 is 5.91. The van der Waals surface area contributed by atoms with Crippen molar-refractivity contribution in [2.45, 2.75) is 12.5 Å². The third-order valence-electron chi connectivity index (χ3n) is 5.64. The Kier molecular flexibility index (Phi) is 5.45. The zero-order chi connectivity index (χ0) is 22.2. The predicted octanol–water partition coefficient (Wildman–Crippen LogP) is 1.68. The molecule has 2 fully saturated rings. The second-order valence-corrected chi connectivity index (χ2v) is 8.04. The van der Waals surface area contributed by atoms with Crippen molar-refractivity contribution in [3.05, 3.63) is 59.0 Å². The fourth-order valence-electron chi connectivity index (χ4n) is 3.77. The fourth-order valence-corrected chi connectivity index (χ4v) is 3.90. The number of carbonyl (C=O) groups excluding carboxylic acids is 4. The van der Waals surface area contributed by atoms with Gasteiger partial charge in [0.05, 0.1) is 6.26 Å². The summed E-state index contributed by atoms with van der Waals surface area (Å²) in [5.74, 6) is -0.834. The van der Waals surface area contributed by atoms with Crippen LogP contribution in [0.1, 0.15) is 23.0 Å². The van der Waals surface area contributed by atoms with Crippen LogP contribution in [0.25, 0.3) is 0 Å². The number of nitrogens with zero attached hydrogens (tertiary/aromatic N) is 3. The summed E-state index contributed by atoms with van der Waals surface area (Å²) in [4.78, 5) is 54.6. The number of amides is 5. The lowest BCUT2D eigenvalue weighted by molar-refractivity contribution is -0.139. The van der Waals surface area contributed by atoms with E-state index < -0.39 is 17.5 Å². The molecule has 2 aromatic rings. The number of hydrogen-bond acceptors (Lipinski definition) is 5. The summed E-state index contributed by atoms with van der Waals surface area (Å²) in [6.07, 6.45) is 1.43. The molecule has 2 aliphatic rings. The van der Waals surface area contributed by atoms with Crippen molar-refractivity contribution < 1.29 is 23.6 Å². The number of rotatable bonds is 4. The van der Waals surface area contributed by atoms with Gasteiger partial charge in [-0.2, -0.15) is 0 Å². The lowest BCUT2D eigenvalue weighted by Crippen LogP contribution is -2.53. The van der Waals surface area contributed by atoms with Crippen LogP contribution in [0, 0.1) is 0 Å². The molecule has 0 saturated carbocycles. The van der Waals surface area contributed by atoms with Crippen LogP contribution in [0.4, 0.5) is 4.79 Å². The van der Waals surface area contributed by atoms with Crippen LogP contribution >= 0.6 is 11.6 Å². The van der Waals surface area contributed by atoms with Gasteiger partial charge in [-0.15, -0.1) is 0 Å². The van der Waals surface area contributed by atoms with Crippen molar-refractivity contribution in [1.29, 1.82) is 0 Å². The van der Waals surface area contributed by atoms with Crippen molar-refractivity contribution >= 4 is 35.4 Å². The first kappa shape index (κ1) is 20.9. The highest BCUT2D eigenvalue weighted by atomic mass is 35.5. The average molecular weight is 445 g/mol. The Balaban J connectivity index is 1.37.